The average molecular weight is 167 g/mol. The zero-order valence-corrected chi connectivity index (χ0v) is 8.56. The molecule has 0 aliphatic heterocycles. The first kappa shape index (κ1) is 11.5. The van der Waals surface area contributed by atoms with E-state index in [0.29, 0.717) is 11.5 Å². The zero-order chi connectivity index (χ0) is 9.61. The second-order valence-corrected chi connectivity index (χ2v) is 4.62. The molecular formula is C11H21N. The molecule has 0 rings (SSSR count). The van der Waals surface area contributed by atoms with Crippen molar-refractivity contribution in [1.82, 2.24) is 0 Å². The van der Waals surface area contributed by atoms with E-state index in [0.717, 1.165) is 25.7 Å². The van der Waals surface area contributed by atoms with Crippen LogP contribution in [0.1, 0.15) is 46.5 Å². The molecule has 0 aromatic heterocycles. The Bertz CT molecular complexity index is 147. The maximum Gasteiger partial charge on any atom is 0.00866 e. The van der Waals surface area contributed by atoms with Crippen LogP contribution in [0.15, 0.2) is 0 Å². The predicted molar refractivity (Wildman–Crippen MR) is 54.7 cm³/mol. The number of hydrogen-bond donors (Lipinski definition) is 1. The summed E-state index contributed by atoms with van der Waals surface area (Å²) in [4.78, 5) is 0. The van der Waals surface area contributed by atoms with Crippen molar-refractivity contribution in [3.63, 3.8) is 0 Å². The fraction of sp³-hybridized carbons (Fsp3) is 0.818. The summed E-state index contributed by atoms with van der Waals surface area (Å²) in [6, 6.07) is 0.318. The Morgan fingerprint density at radius 1 is 1.42 bits per heavy atom. The molecule has 0 saturated heterocycles. The van der Waals surface area contributed by atoms with Crippen LogP contribution >= 0.6 is 0 Å². The van der Waals surface area contributed by atoms with Crippen LogP contribution in [0.4, 0.5) is 0 Å². The molecule has 2 N–H and O–H groups in total. The minimum absolute atomic E-state index is 0.318. The van der Waals surface area contributed by atoms with Gasteiger partial charge in [-0.05, 0) is 24.7 Å². The molecule has 0 heterocycles. The van der Waals surface area contributed by atoms with E-state index in [1.54, 1.807) is 0 Å². The summed E-state index contributed by atoms with van der Waals surface area (Å²) >= 11 is 0. The topological polar surface area (TPSA) is 26.0 Å². The van der Waals surface area contributed by atoms with Gasteiger partial charge >= 0.3 is 0 Å². The molecule has 0 aromatic carbocycles. The molecule has 0 aliphatic carbocycles. The summed E-state index contributed by atoms with van der Waals surface area (Å²) in [5.41, 5.74) is 6.27. The highest BCUT2D eigenvalue weighted by molar-refractivity contribution is 4.84. The number of nitrogens with two attached hydrogens (primary N) is 1. The van der Waals surface area contributed by atoms with Crippen LogP contribution in [0, 0.1) is 17.8 Å². The lowest BCUT2D eigenvalue weighted by Crippen LogP contribution is -2.26. The van der Waals surface area contributed by atoms with Crippen molar-refractivity contribution in [1.29, 1.82) is 0 Å². The molecule has 0 saturated carbocycles. The number of unbranched alkanes of at least 4 members (excludes halogenated alkanes) is 1. The van der Waals surface area contributed by atoms with E-state index in [1.165, 1.54) is 0 Å². The smallest absolute Gasteiger partial charge is 0.00866 e. The molecule has 0 spiro atoms. The van der Waals surface area contributed by atoms with Crippen molar-refractivity contribution in [2.24, 2.45) is 11.1 Å². The zero-order valence-electron chi connectivity index (χ0n) is 8.56. The van der Waals surface area contributed by atoms with Crippen molar-refractivity contribution < 1.29 is 0 Å². The first-order valence-corrected chi connectivity index (χ1v) is 4.65. The Morgan fingerprint density at radius 2 is 2.00 bits per heavy atom. The molecule has 1 nitrogen and oxygen atoms in total. The third kappa shape index (κ3) is 7.63. The second-order valence-electron chi connectivity index (χ2n) is 4.62. The van der Waals surface area contributed by atoms with E-state index in [-0.39, 0.29) is 0 Å². The van der Waals surface area contributed by atoms with Gasteiger partial charge in [0, 0.05) is 12.5 Å². The molecule has 1 heteroatoms. The lowest BCUT2D eigenvalue weighted by Gasteiger charge is -2.22. The third-order valence-electron chi connectivity index (χ3n) is 1.77. The van der Waals surface area contributed by atoms with Crippen molar-refractivity contribution in [2.45, 2.75) is 52.5 Å². The summed E-state index contributed by atoms with van der Waals surface area (Å²) in [5, 5.41) is 0. The molecule has 1 unspecified atom stereocenters. The second kappa shape index (κ2) is 5.22. The van der Waals surface area contributed by atoms with Crippen molar-refractivity contribution >= 4 is 0 Å². The van der Waals surface area contributed by atoms with Crippen LogP contribution in [0.25, 0.3) is 0 Å². The van der Waals surface area contributed by atoms with Gasteiger partial charge in [0.05, 0.1) is 0 Å². The highest BCUT2D eigenvalue weighted by Gasteiger charge is 2.14. The van der Waals surface area contributed by atoms with Crippen LogP contribution in [0.5, 0.6) is 0 Å². The Morgan fingerprint density at radius 3 is 2.42 bits per heavy atom. The normalized spacial score (nSPS) is 13.9. The maximum atomic E-state index is 5.93. The predicted octanol–water partition coefficient (Wildman–Crippen LogP) is 2.55. The molecule has 0 aliphatic rings. The van der Waals surface area contributed by atoms with Crippen LogP contribution in [-0.4, -0.2) is 6.04 Å². The first-order valence-electron chi connectivity index (χ1n) is 4.65. The summed E-state index contributed by atoms with van der Waals surface area (Å²) < 4.78 is 0. The minimum Gasteiger partial charge on any atom is -0.328 e. The minimum atomic E-state index is 0.318. The summed E-state index contributed by atoms with van der Waals surface area (Å²) in [5.74, 6) is 2.63. The molecule has 0 aromatic rings. The van der Waals surface area contributed by atoms with Gasteiger partial charge in [-0.2, -0.15) is 0 Å². The van der Waals surface area contributed by atoms with Gasteiger partial charge in [0.1, 0.15) is 0 Å². The molecule has 70 valence electrons. The molecule has 0 fully saturated rings. The molecule has 1 atom stereocenters. The first-order chi connectivity index (χ1) is 5.45. The summed E-state index contributed by atoms with van der Waals surface area (Å²) in [6.07, 6.45) is 9.21. The lowest BCUT2D eigenvalue weighted by atomic mass is 9.87. The van der Waals surface area contributed by atoms with Crippen molar-refractivity contribution in [2.75, 3.05) is 0 Å². The molecule has 0 radical (unpaired) electrons. The van der Waals surface area contributed by atoms with Gasteiger partial charge in [0.2, 0.25) is 0 Å². The average Bonchev–Trinajstić information content (AvgIpc) is 1.84. The van der Waals surface area contributed by atoms with E-state index in [2.05, 4.69) is 26.7 Å². The number of terminal acetylenes is 1. The SMILES string of the molecule is C#CCCCC(N)CC(C)(C)C. The van der Waals surface area contributed by atoms with Gasteiger partial charge in [-0.25, -0.2) is 0 Å². The van der Waals surface area contributed by atoms with Gasteiger partial charge in [0.25, 0.3) is 0 Å². The molecular weight excluding hydrogens is 146 g/mol. The van der Waals surface area contributed by atoms with Crippen LogP contribution in [-0.2, 0) is 0 Å². The quantitative estimate of drug-likeness (QED) is 0.505. The van der Waals surface area contributed by atoms with Gasteiger partial charge < -0.3 is 5.73 Å². The van der Waals surface area contributed by atoms with E-state index >= 15 is 0 Å². The fourth-order valence-corrected chi connectivity index (χ4v) is 1.35. The fourth-order valence-electron chi connectivity index (χ4n) is 1.35. The van der Waals surface area contributed by atoms with Gasteiger partial charge in [-0.3, -0.25) is 0 Å². The Balaban J connectivity index is 3.48. The van der Waals surface area contributed by atoms with Gasteiger partial charge in [0.15, 0.2) is 0 Å². The number of hydrogen-bond acceptors (Lipinski definition) is 1. The van der Waals surface area contributed by atoms with E-state index < -0.39 is 0 Å². The molecule has 0 bridgehead atoms. The maximum absolute atomic E-state index is 5.93. The van der Waals surface area contributed by atoms with E-state index in [9.17, 15) is 0 Å². The van der Waals surface area contributed by atoms with Crippen LogP contribution < -0.4 is 5.73 Å². The summed E-state index contributed by atoms with van der Waals surface area (Å²) in [7, 11) is 0. The standard InChI is InChI=1S/C11H21N/c1-5-6-7-8-10(12)9-11(2,3)4/h1,10H,6-9,12H2,2-4H3. The largest absolute Gasteiger partial charge is 0.328 e. The van der Waals surface area contributed by atoms with Crippen LogP contribution in [0.2, 0.25) is 0 Å². The Kier molecular flexibility index (Phi) is 5.01. The van der Waals surface area contributed by atoms with E-state index in [1.807, 2.05) is 0 Å². The third-order valence-corrected chi connectivity index (χ3v) is 1.77. The highest BCUT2D eigenvalue weighted by atomic mass is 14.6. The molecule has 0 amide bonds. The van der Waals surface area contributed by atoms with Gasteiger partial charge in [-0.1, -0.05) is 20.8 Å². The lowest BCUT2D eigenvalue weighted by molar-refractivity contribution is 0.329. The monoisotopic (exact) mass is 167 g/mol. The Hall–Kier alpha value is -0.480. The van der Waals surface area contributed by atoms with E-state index in [4.69, 9.17) is 12.2 Å². The van der Waals surface area contributed by atoms with Crippen LogP contribution in [0.3, 0.4) is 0 Å². The molecule has 12 heavy (non-hydrogen) atoms. The van der Waals surface area contributed by atoms with Gasteiger partial charge in [-0.15, -0.1) is 12.3 Å². The highest BCUT2D eigenvalue weighted by Crippen LogP contribution is 2.21. The Labute approximate surface area is 76.7 Å². The summed E-state index contributed by atoms with van der Waals surface area (Å²) in [6.45, 7) is 6.65. The van der Waals surface area contributed by atoms with Crippen molar-refractivity contribution in [3.8, 4) is 12.3 Å². The van der Waals surface area contributed by atoms with Crippen molar-refractivity contribution in [3.05, 3.63) is 0 Å². The number of rotatable bonds is 4.